The van der Waals surface area contributed by atoms with Crippen LogP contribution >= 0.6 is 11.8 Å². The number of anilines is 1. The number of nitriles is 1. The molecule has 0 bridgehead atoms. The van der Waals surface area contributed by atoms with Gasteiger partial charge in [-0.3, -0.25) is 4.79 Å². The van der Waals surface area contributed by atoms with Gasteiger partial charge in [0.15, 0.2) is 0 Å². The summed E-state index contributed by atoms with van der Waals surface area (Å²) in [6, 6.07) is 2.42. The molecule has 0 spiro atoms. The van der Waals surface area contributed by atoms with Crippen LogP contribution in [0.3, 0.4) is 0 Å². The largest absolute Gasteiger partial charge is 0.356 e. The van der Waals surface area contributed by atoms with E-state index in [0.717, 1.165) is 74.7 Å². The number of pyridine rings is 1. The molecule has 4 rings (SSSR count). The third kappa shape index (κ3) is 3.94. The van der Waals surface area contributed by atoms with E-state index in [9.17, 15) is 10.1 Å². The van der Waals surface area contributed by atoms with Crippen LogP contribution in [0.25, 0.3) is 0 Å². The fourth-order valence-corrected chi connectivity index (χ4v) is 5.46. The number of nitrogens with zero attached hydrogens (tertiary/aromatic N) is 4. The van der Waals surface area contributed by atoms with Crippen LogP contribution < -0.4 is 4.90 Å². The van der Waals surface area contributed by atoms with Crippen LogP contribution in [-0.4, -0.2) is 47.7 Å². The van der Waals surface area contributed by atoms with E-state index in [0.29, 0.717) is 5.75 Å². The summed E-state index contributed by atoms with van der Waals surface area (Å²) in [7, 11) is 0. The predicted octanol–water partition coefficient (Wildman–Crippen LogP) is 3.54. The first kappa shape index (κ1) is 18.6. The molecule has 1 aliphatic carbocycles. The number of thioether (sulfide) groups is 1. The molecule has 1 aromatic rings. The topological polar surface area (TPSA) is 60.2 Å². The average molecular weight is 385 g/mol. The third-order valence-electron chi connectivity index (χ3n) is 6.02. The van der Waals surface area contributed by atoms with Crippen molar-refractivity contribution in [1.29, 1.82) is 5.26 Å². The SMILES string of the molecule is N#Cc1c(SCC(=O)N2CCCC2)nc(N2CCCCC2)c2c1CCCC2. The van der Waals surface area contributed by atoms with Crippen molar-refractivity contribution in [1.82, 2.24) is 9.88 Å². The van der Waals surface area contributed by atoms with Crippen molar-refractivity contribution in [2.75, 3.05) is 36.8 Å². The monoisotopic (exact) mass is 384 g/mol. The Hall–Kier alpha value is -1.74. The lowest BCUT2D eigenvalue weighted by molar-refractivity contribution is -0.127. The maximum Gasteiger partial charge on any atom is 0.232 e. The van der Waals surface area contributed by atoms with E-state index in [2.05, 4.69) is 11.0 Å². The summed E-state index contributed by atoms with van der Waals surface area (Å²) in [6.07, 6.45) is 10.3. The number of likely N-dealkylation sites (tertiary alicyclic amines) is 1. The molecule has 2 saturated heterocycles. The predicted molar refractivity (Wildman–Crippen MR) is 108 cm³/mol. The summed E-state index contributed by atoms with van der Waals surface area (Å²) in [5.41, 5.74) is 3.23. The van der Waals surface area contributed by atoms with Crippen molar-refractivity contribution in [3.05, 3.63) is 16.7 Å². The first-order valence-corrected chi connectivity index (χ1v) is 11.4. The Bertz CT molecular complexity index is 746. The van der Waals surface area contributed by atoms with Gasteiger partial charge in [0.25, 0.3) is 0 Å². The van der Waals surface area contributed by atoms with E-state index in [1.807, 2.05) is 4.90 Å². The van der Waals surface area contributed by atoms with Crippen LogP contribution in [0.5, 0.6) is 0 Å². The van der Waals surface area contributed by atoms with Gasteiger partial charge in [0, 0.05) is 26.2 Å². The molecule has 0 aromatic carbocycles. The second-order valence-corrected chi connectivity index (χ2v) is 8.78. The lowest BCUT2D eigenvalue weighted by atomic mass is 9.89. The Morgan fingerprint density at radius 1 is 0.963 bits per heavy atom. The van der Waals surface area contributed by atoms with Crippen molar-refractivity contribution in [2.24, 2.45) is 0 Å². The summed E-state index contributed by atoms with van der Waals surface area (Å²) in [6.45, 7) is 3.87. The zero-order valence-electron chi connectivity index (χ0n) is 16.0. The summed E-state index contributed by atoms with van der Waals surface area (Å²) in [5, 5.41) is 10.6. The van der Waals surface area contributed by atoms with Gasteiger partial charge >= 0.3 is 0 Å². The fraction of sp³-hybridized carbons (Fsp3) is 0.667. The molecule has 1 amide bonds. The van der Waals surface area contributed by atoms with Gasteiger partial charge in [0.05, 0.1) is 11.3 Å². The van der Waals surface area contributed by atoms with Gasteiger partial charge in [-0.2, -0.15) is 5.26 Å². The molecule has 5 nitrogen and oxygen atoms in total. The van der Waals surface area contributed by atoms with E-state index in [1.54, 1.807) is 0 Å². The molecule has 144 valence electrons. The van der Waals surface area contributed by atoms with E-state index in [-0.39, 0.29) is 5.91 Å². The molecule has 2 fully saturated rings. The maximum atomic E-state index is 12.5. The van der Waals surface area contributed by atoms with Gasteiger partial charge in [0.2, 0.25) is 5.91 Å². The second kappa shape index (κ2) is 8.52. The minimum atomic E-state index is 0.181. The number of piperidine rings is 1. The molecule has 0 saturated carbocycles. The van der Waals surface area contributed by atoms with Gasteiger partial charge in [-0.1, -0.05) is 11.8 Å². The lowest BCUT2D eigenvalue weighted by Gasteiger charge is -2.32. The normalized spacial score (nSPS) is 19.7. The number of carbonyl (C=O) groups is 1. The Balaban J connectivity index is 1.63. The summed E-state index contributed by atoms with van der Waals surface area (Å²) in [5.74, 6) is 1.67. The molecule has 27 heavy (non-hydrogen) atoms. The third-order valence-corrected chi connectivity index (χ3v) is 6.98. The standard InChI is InChI=1S/C21H28N4OS/c22-14-18-16-8-2-3-9-17(16)20(25-12-4-1-5-13-25)23-21(18)27-15-19(26)24-10-6-7-11-24/h1-13,15H2. The van der Waals surface area contributed by atoms with Crippen LogP contribution in [0.15, 0.2) is 5.03 Å². The minimum absolute atomic E-state index is 0.181. The van der Waals surface area contributed by atoms with Gasteiger partial charge in [0.1, 0.15) is 16.9 Å². The zero-order chi connectivity index (χ0) is 18.6. The molecule has 6 heteroatoms. The number of amides is 1. The van der Waals surface area contributed by atoms with Gasteiger partial charge in [-0.25, -0.2) is 4.98 Å². The minimum Gasteiger partial charge on any atom is -0.356 e. The van der Waals surface area contributed by atoms with Crippen molar-refractivity contribution in [3.8, 4) is 6.07 Å². The number of hydrogen-bond donors (Lipinski definition) is 0. The lowest BCUT2D eigenvalue weighted by Crippen LogP contribution is -2.32. The van der Waals surface area contributed by atoms with Crippen molar-refractivity contribution >= 4 is 23.5 Å². The highest BCUT2D eigenvalue weighted by Crippen LogP contribution is 2.37. The first-order chi connectivity index (χ1) is 13.3. The fourth-order valence-electron chi connectivity index (χ4n) is 4.55. The Labute approximate surface area is 166 Å². The summed E-state index contributed by atoms with van der Waals surface area (Å²) < 4.78 is 0. The van der Waals surface area contributed by atoms with E-state index in [4.69, 9.17) is 4.98 Å². The maximum absolute atomic E-state index is 12.5. The molecule has 3 aliphatic rings. The number of hydrogen-bond acceptors (Lipinski definition) is 5. The number of rotatable bonds is 4. The van der Waals surface area contributed by atoms with Crippen LogP contribution in [0.1, 0.15) is 61.6 Å². The molecule has 0 radical (unpaired) electrons. The number of fused-ring (bicyclic) bond motifs is 1. The van der Waals surface area contributed by atoms with Gasteiger partial charge in [-0.15, -0.1) is 0 Å². The highest BCUT2D eigenvalue weighted by Gasteiger charge is 2.27. The Morgan fingerprint density at radius 2 is 1.63 bits per heavy atom. The zero-order valence-corrected chi connectivity index (χ0v) is 16.8. The summed E-state index contributed by atoms with van der Waals surface area (Å²) >= 11 is 1.47. The van der Waals surface area contributed by atoms with Crippen LogP contribution in [0.2, 0.25) is 0 Å². The summed E-state index contributed by atoms with van der Waals surface area (Å²) in [4.78, 5) is 21.8. The van der Waals surface area contributed by atoms with Gasteiger partial charge < -0.3 is 9.80 Å². The van der Waals surface area contributed by atoms with Crippen LogP contribution in [-0.2, 0) is 17.6 Å². The quantitative estimate of drug-likeness (QED) is 0.743. The molecule has 0 unspecified atom stereocenters. The molecule has 0 atom stereocenters. The van der Waals surface area contributed by atoms with E-state index >= 15 is 0 Å². The van der Waals surface area contributed by atoms with Crippen molar-refractivity contribution in [2.45, 2.75) is 62.8 Å². The Morgan fingerprint density at radius 3 is 2.33 bits per heavy atom. The van der Waals surface area contributed by atoms with E-state index in [1.165, 1.54) is 48.6 Å². The molecular weight excluding hydrogens is 356 g/mol. The second-order valence-electron chi connectivity index (χ2n) is 7.82. The molecule has 1 aromatic heterocycles. The molecule has 3 heterocycles. The smallest absolute Gasteiger partial charge is 0.232 e. The van der Waals surface area contributed by atoms with Crippen molar-refractivity contribution < 1.29 is 4.79 Å². The Kier molecular flexibility index (Phi) is 5.87. The average Bonchev–Trinajstić information content (AvgIpc) is 3.27. The van der Waals surface area contributed by atoms with Crippen LogP contribution in [0.4, 0.5) is 5.82 Å². The van der Waals surface area contributed by atoms with Crippen molar-refractivity contribution in [3.63, 3.8) is 0 Å². The first-order valence-electron chi connectivity index (χ1n) is 10.4. The molecule has 2 aliphatic heterocycles. The van der Waals surface area contributed by atoms with E-state index < -0.39 is 0 Å². The van der Waals surface area contributed by atoms with Crippen LogP contribution in [0, 0.1) is 11.3 Å². The molecular formula is C21H28N4OS. The van der Waals surface area contributed by atoms with Gasteiger partial charge in [-0.05, 0) is 68.9 Å². The number of carbonyl (C=O) groups excluding carboxylic acids is 1. The number of aromatic nitrogens is 1. The molecule has 0 N–H and O–H groups in total. The highest BCUT2D eigenvalue weighted by atomic mass is 32.2. The highest BCUT2D eigenvalue weighted by molar-refractivity contribution is 8.00.